The molecule has 26 heavy (non-hydrogen) atoms. The molecule has 0 saturated carbocycles. The van der Waals surface area contributed by atoms with E-state index >= 15 is 0 Å². The van der Waals surface area contributed by atoms with Crippen LogP contribution in [0.3, 0.4) is 0 Å². The van der Waals surface area contributed by atoms with Gasteiger partial charge in [0, 0.05) is 15.5 Å². The molecule has 5 nitrogen and oxygen atoms in total. The van der Waals surface area contributed by atoms with Crippen molar-refractivity contribution in [2.75, 3.05) is 5.32 Å². The van der Waals surface area contributed by atoms with Crippen LogP contribution in [-0.2, 0) is 14.3 Å². The summed E-state index contributed by atoms with van der Waals surface area (Å²) in [6, 6.07) is 13.8. The second kappa shape index (κ2) is 7.93. The average Bonchev–Trinajstić information content (AvgIpc) is 2.61. The Morgan fingerprint density at radius 1 is 1.23 bits per heavy atom. The molecule has 0 aromatic heterocycles. The number of fused-ring (bicyclic) bond motifs is 1. The van der Waals surface area contributed by atoms with Crippen LogP contribution in [0.5, 0.6) is 0 Å². The second-order valence-corrected chi connectivity index (χ2v) is 7.48. The summed E-state index contributed by atoms with van der Waals surface area (Å²) in [4.78, 5) is 37.6. The zero-order valence-corrected chi connectivity index (χ0v) is 15.5. The smallest absolute Gasteiger partial charge is 0.308 e. The number of carbonyl (C=O) groups is 3. The molecule has 1 N–H and O–H groups in total. The lowest BCUT2D eigenvalue weighted by Crippen LogP contribution is -2.33. The van der Waals surface area contributed by atoms with Crippen LogP contribution >= 0.6 is 23.4 Å². The summed E-state index contributed by atoms with van der Waals surface area (Å²) in [5.74, 6) is -1.19. The molecule has 2 aromatic carbocycles. The van der Waals surface area contributed by atoms with Gasteiger partial charge < -0.3 is 10.1 Å². The largest absolute Gasteiger partial charge is 0.454 e. The van der Waals surface area contributed by atoms with Crippen molar-refractivity contribution in [1.29, 1.82) is 0 Å². The molecule has 0 fully saturated rings. The van der Waals surface area contributed by atoms with Crippen molar-refractivity contribution in [2.24, 2.45) is 0 Å². The highest BCUT2D eigenvalue weighted by atomic mass is 35.5. The lowest BCUT2D eigenvalue weighted by molar-refractivity contribution is -0.147. The van der Waals surface area contributed by atoms with Crippen molar-refractivity contribution in [2.45, 2.75) is 29.6 Å². The number of amides is 1. The molecule has 2 aromatic rings. The lowest BCUT2D eigenvalue weighted by Gasteiger charge is -2.23. The Kier molecular flexibility index (Phi) is 5.64. The highest BCUT2D eigenvalue weighted by Crippen LogP contribution is 2.36. The fourth-order valence-electron chi connectivity index (χ4n) is 2.55. The van der Waals surface area contributed by atoms with Crippen LogP contribution in [0.15, 0.2) is 53.4 Å². The predicted molar refractivity (Wildman–Crippen MR) is 101 cm³/mol. The maximum atomic E-state index is 12.3. The minimum atomic E-state index is -0.954. The molecule has 7 heteroatoms. The number of hydrogen-bond acceptors (Lipinski definition) is 5. The Morgan fingerprint density at radius 3 is 2.77 bits per heavy atom. The Bertz CT molecular complexity index is 870. The third-order valence-electron chi connectivity index (χ3n) is 3.85. The second-order valence-electron chi connectivity index (χ2n) is 5.80. The van der Waals surface area contributed by atoms with E-state index in [2.05, 4.69) is 5.32 Å². The summed E-state index contributed by atoms with van der Waals surface area (Å²) in [6.07, 6.45) is -1.07. The van der Waals surface area contributed by atoms with Crippen LogP contribution in [0, 0.1) is 0 Å². The van der Waals surface area contributed by atoms with Crippen LogP contribution in [0.4, 0.5) is 5.69 Å². The van der Waals surface area contributed by atoms with Gasteiger partial charge in [-0.25, -0.2) is 0 Å². The van der Waals surface area contributed by atoms with E-state index in [1.54, 1.807) is 24.3 Å². The van der Waals surface area contributed by atoms with Gasteiger partial charge in [-0.05, 0) is 31.2 Å². The molecule has 134 valence electrons. The molecule has 0 spiro atoms. The van der Waals surface area contributed by atoms with Crippen molar-refractivity contribution in [3.8, 4) is 0 Å². The first-order valence-electron chi connectivity index (χ1n) is 8.00. The third kappa shape index (κ3) is 4.26. The lowest BCUT2D eigenvalue weighted by atomic mass is 10.1. The van der Waals surface area contributed by atoms with Crippen LogP contribution in [0.25, 0.3) is 0 Å². The Labute approximate surface area is 160 Å². The SMILES string of the molecule is C[C@@H](OC(=O)C[C@@H]1Sc2ccccc2NC1=O)C(=O)c1cccc(Cl)c1. The van der Waals surface area contributed by atoms with Crippen LogP contribution in [-0.4, -0.2) is 29.0 Å². The fourth-order valence-corrected chi connectivity index (χ4v) is 3.84. The molecular formula is C19H16ClNO4S. The van der Waals surface area contributed by atoms with E-state index in [-0.39, 0.29) is 18.1 Å². The van der Waals surface area contributed by atoms with E-state index in [0.29, 0.717) is 10.6 Å². The highest BCUT2D eigenvalue weighted by Gasteiger charge is 2.30. The topological polar surface area (TPSA) is 72.5 Å². The number of hydrogen-bond donors (Lipinski definition) is 1. The Morgan fingerprint density at radius 2 is 2.00 bits per heavy atom. The van der Waals surface area contributed by atoms with Gasteiger partial charge in [0.05, 0.1) is 17.4 Å². The fraction of sp³-hybridized carbons (Fsp3) is 0.211. The number of para-hydroxylation sites is 1. The molecule has 1 aliphatic heterocycles. The molecule has 2 atom stereocenters. The number of carbonyl (C=O) groups excluding carboxylic acids is 3. The Balaban J connectivity index is 1.60. The number of anilines is 1. The molecule has 0 bridgehead atoms. The van der Waals surface area contributed by atoms with Crippen molar-refractivity contribution in [3.05, 3.63) is 59.1 Å². The van der Waals surface area contributed by atoms with Crippen LogP contribution in [0.1, 0.15) is 23.7 Å². The van der Waals surface area contributed by atoms with Gasteiger partial charge in [0.2, 0.25) is 11.7 Å². The van der Waals surface area contributed by atoms with Gasteiger partial charge in [-0.15, -0.1) is 11.8 Å². The first-order chi connectivity index (χ1) is 12.4. The molecule has 0 radical (unpaired) electrons. The first-order valence-corrected chi connectivity index (χ1v) is 9.25. The highest BCUT2D eigenvalue weighted by molar-refractivity contribution is 8.01. The van der Waals surface area contributed by atoms with E-state index < -0.39 is 17.3 Å². The maximum absolute atomic E-state index is 12.3. The number of nitrogens with one attached hydrogen (secondary N) is 1. The quantitative estimate of drug-likeness (QED) is 0.619. The summed E-state index contributed by atoms with van der Waals surface area (Å²) in [5.41, 5.74) is 1.10. The van der Waals surface area contributed by atoms with Crippen LogP contribution in [0.2, 0.25) is 5.02 Å². The number of rotatable bonds is 5. The molecule has 0 unspecified atom stereocenters. The number of ether oxygens (including phenoxy) is 1. The third-order valence-corrected chi connectivity index (χ3v) is 5.36. The molecule has 1 aliphatic rings. The zero-order chi connectivity index (χ0) is 18.7. The molecule has 1 heterocycles. The Hall–Kier alpha value is -2.31. The number of Topliss-reactive ketones (excluding diaryl/α,β-unsaturated/α-hetero) is 1. The van der Waals surface area contributed by atoms with Gasteiger partial charge in [0.25, 0.3) is 0 Å². The number of halogens is 1. The maximum Gasteiger partial charge on any atom is 0.308 e. The predicted octanol–water partition coefficient (Wildman–Crippen LogP) is 3.96. The molecule has 0 saturated heterocycles. The van der Waals surface area contributed by atoms with Gasteiger partial charge in [-0.1, -0.05) is 35.9 Å². The number of benzene rings is 2. The van der Waals surface area contributed by atoms with Crippen molar-refractivity contribution in [1.82, 2.24) is 0 Å². The summed E-state index contributed by atoms with van der Waals surface area (Å²) < 4.78 is 5.22. The number of esters is 1. The zero-order valence-electron chi connectivity index (χ0n) is 13.9. The van der Waals surface area contributed by atoms with E-state index in [0.717, 1.165) is 10.6 Å². The van der Waals surface area contributed by atoms with Gasteiger partial charge in [-0.2, -0.15) is 0 Å². The summed E-state index contributed by atoms with van der Waals surface area (Å²) in [6.45, 7) is 1.50. The van der Waals surface area contributed by atoms with Gasteiger partial charge in [-0.3, -0.25) is 14.4 Å². The van der Waals surface area contributed by atoms with Gasteiger partial charge in [0.15, 0.2) is 6.10 Å². The summed E-state index contributed by atoms with van der Waals surface area (Å²) >= 11 is 7.19. The average molecular weight is 390 g/mol. The van der Waals surface area contributed by atoms with E-state index in [4.69, 9.17) is 16.3 Å². The number of ketones is 1. The van der Waals surface area contributed by atoms with Crippen molar-refractivity contribution >= 4 is 46.7 Å². The standard InChI is InChI=1S/C19H16ClNO4S/c1-11(18(23)12-5-4-6-13(20)9-12)25-17(22)10-16-19(24)21-14-7-2-3-8-15(14)26-16/h2-9,11,16H,10H2,1H3,(H,21,24)/t11-,16+/m1/s1. The van der Waals surface area contributed by atoms with Gasteiger partial charge >= 0.3 is 5.97 Å². The monoisotopic (exact) mass is 389 g/mol. The normalized spacial score (nSPS) is 17.0. The minimum Gasteiger partial charge on any atom is -0.454 e. The number of thioether (sulfide) groups is 1. The summed E-state index contributed by atoms with van der Waals surface area (Å²) in [7, 11) is 0. The molecule has 0 aliphatic carbocycles. The van der Waals surface area contributed by atoms with E-state index in [1.807, 2.05) is 18.2 Å². The van der Waals surface area contributed by atoms with E-state index in [1.165, 1.54) is 24.8 Å². The summed E-state index contributed by atoms with van der Waals surface area (Å²) in [5, 5.41) is 2.62. The van der Waals surface area contributed by atoms with E-state index in [9.17, 15) is 14.4 Å². The minimum absolute atomic E-state index is 0.113. The first kappa shape index (κ1) is 18.5. The van der Waals surface area contributed by atoms with Crippen molar-refractivity contribution in [3.63, 3.8) is 0 Å². The molecular weight excluding hydrogens is 374 g/mol. The molecule has 3 rings (SSSR count). The van der Waals surface area contributed by atoms with Crippen molar-refractivity contribution < 1.29 is 19.1 Å². The van der Waals surface area contributed by atoms with Crippen LogP contribution < -0.4 is 5.32 Å². The molecule has 1 amide bonds. The van der Waals surface area contributed by atoms with Gasteiger partial charge in [0.1, 0.15) is 0 Å².